The van der Waals surface area contributed by atoms with E-state index in [0.717, 1.165) is 24.1 Å². The molecule has 0 aromatic heterocycles. The van der Waals surface area contributed by atoms with Crippen LogP contribution >= 0.6 is 0 Å². The van der Waals surface area contributed by atoms with Crippen LogP contribution in [-0.2, 0) is 27.7 Å². The first-order valence-electron chi connectivity index (χ1n) is 9.75. The molecular weight excluding hydrogens is 376 g/mol. The number of nitrogens with one attached hydrogen (secondary N) is 1. The van der Waals surface area contributed by atoms with Gasteiger partial charge in [-0.1, -0.05) is 24.3 Å². The Balaban J connectivity index is 1.61. The van der Waals surface area contributed by atoms with Gasteiger partial charge in [-0.2, -0.15) is 0 Å². The maximum atomic E-state index is 12.2. The summed E-state index contributed by atoms with van der Waals surface area (Å²) in [6.45, 7) is 6.49. The zero-order chi connectivity index (χ0) is 20.4. The largest absolute Gasteiger partial charge is 0.352 e. The molecule has 0 saturated carbocycles. The predicted molar refractivity (Wildman–Crippen MR) is 111 cm³/mol. The molecule has 0 atom stereocenters. The Bertz CT molecular complexity index is 864. The van der Waals surface area contributed by atoms with E-state index in [-0.39, 0.29) is 11.7 Å². The van der Waals surface area contributed by atoms with Crippen molar-refractivity contribution in [1.29, 1.82) is 0 Å². The molecule has 154 valence electrons. The van der Waals surface area contributed by atoms with Crippen molar-refractivity contribution in [3.8, 4) is 0 Å². The van der Waals surface area contributed by atoms with E-state index in [0.29, 0.717) is 38.6 Å². The number of rotatable bonds is 4. The quantitative estimate of drug-likeness (QED) is 0.604. The summed E-state index contributed by atoms with van der Waals surface area (Å²) in [6, 6.07) is 8.20. The fraction of sp³-hybridized carbons (Fsp3) is 0.600. The highest BCUT2D eigenvalue weighted by Gasteiger charge is 2.40. The van der Waals surface area contributed by atoms with Gasteiger partial charge in [-0.05, 0) is 31.4 Å². The van der Waals surface area contributed by atoms with Crippen LogP contribution < -0.4 is 5.32 Å². The van der Waals surface area contributed by atoms with E-state index in [1.54, 1.807) is 20.9 Å². The molecule has 1 amide bonds. The Kier molecular flexibility index (Phi) is 5.98. The van der Waals surface area contributed by atoms with Crippen molar-refractivity contribution in [3.63, 3.8) is 0 Å². The Hall–Kier alpha value is -2.09. The second-order valence-corrected chi connectivity index (χ2v) is 10.9. The van der Waals surface area contributed by atoms with Crippen LogP contribution in [0.4, 0.5) is 0 Å². The van der Waals surface area contributed by atoms with Crippen LogP contribution in [0, 0.1) is 0 Å². The maximum Gasteiger partial charge on any atom is 0.222 e. The third-order valence-electron chi connectivity index (χ3n) is 5.54. The minimum atomic E-state index is -3.08. The lowest BCUT2D eigenvalue weighted by Crippen LogP contribution is -2.57. The van der Waals surface area contributed by atoms with Gasteiger partial charge >= 0.3 is 0 Å². The van der Waals surface area contributed by atoms with Crippen LogP contribution in [-0.4, -0.2) is 67.3 Å². The van der Waals surface area contributed by atoms with Gasteiger partial charge in [0.15, 0.2) is 15.8 Å². The van der Waals surface area contributed by atoms with Gasteiger partial charge < -0.3 is 15.1 Å². The number of carbonyl (C=O) groups excluding carboxylic acids is 1. The van der Waals surface area contributed by atoms with Crippen LogP contribution in [0.15, 0.2) is 29.3 Å². The van der Waals surface area contributed by atoms with Crippen molar-refractivity contribution in [2.24, 2.45) is 4.99 Å². The summed E-state index contributed by atoms with van der Waals surface area (Å²) in [6.07, 6.45) is 1.60. The first-order valence-corrected chi connectivity index (χ1v) is 11.4. The molecule has 2 aliphatic heterocycles. The zero-order valence-electron chi connectivity index (χ0n) is 16.9. The fourth-order valence-corrected chi connectivity index (χ4v) is 5.13. The highest BCUT2D eigenvalue weighted by molar-refractivity contribution is 7.92. The molecule has 1 aromatic carbocycles. The number of amides is 1. The average Bonchev–Trinajstić information content (AvgIpc) is 3.03. The summed E-state index contributed by atoms with van der Waals surface area (Å²) in [5.74, 6) is 1.08. The molecule has 2 saturated heterocycles. The summed E-state index contributed by atoms with van der Waals surface area (Å²) in [4.78, 5) is 20.1. The SMILES string of the molecule is CN=C(NCc1cccc(CN2CCCC2=O)c1)N1CCS(=O)(=O)C(C)(C)C1. The Morgan fingerprint density at radius 2 is 2.00 bits per heavy atom. The highest BCUT2D eigenvalue weighted by atomic mass is 32.2. The van der Waals surface area contributed by atoms with Crippen LogP contribution in [0.3, 0.4) is 0 Å². The lowest BCUT2D eigenvalue weighted by atomic mass is 10.1. The molecule has 2 aliphatic rings. The van der Waals surface area contributed by atoms with E-state index in [1.165, 1.54) is 0 Å². The molecular formula is C20H30N4O3S. The second-order valence-electron chi connectivity index (χ2n) is 8.14. The van der Waals surface area contributed by atoms with E-state index in [1.807, 2.05) is 28.0 Å². The molecule has 7 nitrogen and oxygen atoms in total. The van der Waals surface area contributed by atoms with Gasteiger partial charge in [-0.25, -0.2) is 8.42 Å². The molecule has 8 heteroatoms. The van der Waals surface area contributed by atoms with Crippen molar-refractivity contribution >= 4 is 21.7 Å². The van der Waals surface area contributed by atoms with Crippen molar-refractivity contribution < 1.29 is 13.2 Å². The van der Waals surface area contributed by atoms with Gasteiger partial charge in [-0.3, -0.25) is 9.79 Å². The predicted octanol–water partition coefficient (Wildman–Crippen LogP) is 1.39. The summed E-state index contributed by atoms with van der Waals surface area (Å²) in [5, 5.41) is 3.35. The first-order chi connectivity index (χ1) is 13.2. The number of nitrogens with zero attached hydrogens (tertiary/aromatic N) is 3. The standard InChI is InChI=1S/C20H30N4O3S/c1-20(2)15-24(10-11-28(20,26)27)19(21-3)22-13-16-6-4-7-17(12-16)14-23-9-5-8-18(23)25/h4,6-7,12H,5,8-11,13-15H2,1-3H3,(H,21,22). The first kappa shape index (κ1) is 20.6. The minimum Gasteiger partial charge on any atom is -0.352 e. The van der Waals surface area contributed by atoms with Crippen LogP contribution in [0.2, 0.25) is 0 Å². The maximum absolute atomic E-state index is 12.2. The highest BCUT2D eigenvalue weighted by Crippen LogP contribution is 2.23. The summed E-state index contributed by atoms with van der Waals surface area (Å²) < 4.78 is 23.7. The van der Waals surface area contributed by atoms with Crippen LogP contribution in [0.5, 0.6) is 0 Å². The van der Waals surface area contributed by atoms with Crippen molar-refractivity contribution in [2.75, 3.05) is 32.4 Å². The minimum absolute atomic E-state index is 0.139. The molecule has 0 spiro atoms. The number of sulfone groups is 1. The lowest BCUT2D eigenvalue weighted by molar-refractivity contribution is -0.128. The van der Waals surface area contributed by atoms with Crippen LogP contribution in [0.25, 0.3) is 0 Å². The molecule has 0 bridgehead atoms. The van der Waals surface area contributed by atoms with Gasteiger partial charge in [0.25, 0.3) is 0 Å². The molecule has 0 aliphatic carbocycles. The summed E-state index contributed by atoms with van der Waals surface area (Å²) in [7, 11) is -1.36. The zero-order valence-corrected chi connectivity index (χ0v) is 17.8. The smallest absolute Gasteiger partial charge is 0.222 e. The van der Waals surface area contributed by atoms with E-state index >= 15 is 0 Å². The number of carbonyl (C=O) groups is 1. The average molecular weight is 407 g/mol. The number of benzene rings is 1. The normalized spacial score (nSPS) is 21.8. The summed E-state index contributed by atoms with van der Waals surface area (Å²) >= 11 is 0. The lowest BCUT2D eigenvalue weighted by Gasteiger charge is -2.39. The van der Waals surface area contributed by atoms with Gasteiger partial charge in [-0.15, -0.1) is 0 Å². The summed E-state index contributed by atoms with van der Waals surface area (Å²) in [5.41, 5.74) is 2.23. The number of aliphatic imine (C=N–C) groups is 1. The molecule has 2 fully saturated rings. The Morgan fingerprint density at radius 3 is 2.64 bits per heavy atom. The Labute approximate surface area is 167 Å². The van der Waals surface area contributed by atoms with Crippen molar-refractivity contribution in [1.82, 2.24) is 15.1 Å². The van der Waals surface area contributed by atoms with Crippen molar-refractivity contribution in [3.05, 3.63) is 35.4 Å². The number of hydrogen-bond donors (Lipinski definition) is 1. The van der Waals surface area contributed by atoms with E-state index in [4.69, 9.17) is 0 Å². The van der Waals surface area contributed by atoms with E-state index in [2.05, 4.69) is 16.4 Å². The van der Waals surface area contributed by atoms with Crippen molar-refractivity contribution in [2.45, 2.75) is 44.5 Å². The van der Waals surface area contributed by atoms with E-state index in [9.17, 15) is 13.2 Å². The van der Waals surface area contributed by atoms with Gasteiger partial charge in [0, 0.05) is 46.2 Å². The molecule has 1 aromatic rings. The number of likely N-dealkylation sites (tertiary alicyclic amines) is 1. The third-order valence-corrected chi connectivity index (χ3v) is 8.07. The number of guanidine groups is 1. The molecule has 2 heterocycles. The molecule has 3 rings (SSSR count). The number of hydrogen-bond acceptors (Lipinski definition) is 4. The third kappa shape index (κ3) is 4.48. The van der Waals surface area contributed by atoms with Gasteiger partial charge in [0.2, 0.25) is 5.91 Å². The topological polar surface area (TPSA) is 82.1 Å². The van der Waals surface area contributed by atoms with Crippen LogP contribution in [0.1, 0.15) is 37.8 Å². The fourth-order valence-electron chi connectivity index (χ4n) is 3.77. The van der Waals surface area contributed by atoms with Gasteiger partial charge in [0.1, 0.15) is 0 Å². The molecule has 28 heavy (non-hydrogen) atoms. The monoisotopic (exact) mass is 406 g/mol. The Morgan fingerprint density at radius 1 is 1.25 bits per heavy atom. The molecule has 1 N–H and O–H groups in total. The molecule has 0 radical (unpaired) electrons. The van der Waals surface area contributed by atoms with E-state index < -0.39 is 14.6 Å². The second kappa shape index (κ2) is 8.11. The molecule has 0 unspecified atom stereocenters. The van der Waals surface area contributed by atoms with Gasteiger partial charge in [0.05, 0.1) is 10.5 Å².